The van der Waals surface area contributed by atoms with Crippen LogP contribution in [-0.4, -0.2) is 7.05 Å². The normalized spacial score (nSPS) is 11.0. The summed E-state index contributed by atoms with van der Waals surface area (Å²) in [6.45, 7) is 2.82. The third-order valence-corrected chi connectivity index (χ3v) is 3.84. The molecule has 3 aromatic rings. The fourth-order valence-electron chi connectivity index (χ4n) is 2.78. The van der Waals surface area contributed by atoms with Gasteiger partial charge in [0.15, 0.2) is 0 Å². The monoisotopic (exact) mass is 279 g/mol. The summed E-state index contributed by atoms with van der Waals surface area (Å²) in [5.41, 5.74) is 3.91. The molecule has 1 nitrogen and oxygen atoms in total. The van der Waals surface area contributed by atoms with Gasteiger partial charge in [-0.3, -0.25) is 0 Å². The zero-order valence-electron chi connectivity index (χ0n) is 12.3. The van der Waals surface area contributed by atoms with Crippen LogP contribution in [-0.2, 0) is 6.54 Å². The first-order valence-electron chi connectivity index (χ1n) is 7.12. The number of fused-ring (bicyclic) bond motifs is 1. The van der Waals surface area contributed by atoms with Crippen molar-refractivity contribution < 1.29 is 4.39 Å². The van der Waals surface area contributed by atoms with Crippen molar-refractivity contribution in [1.82, 2.24) is 5.32 Å². The minimum Gasteiger partial charge on any atom is -0.316 e. The molecule has 0 saturated heterocycles. The van der Waals surface area contributed by atoms with Gasteiger partial charge in [0, 0.05) is 12.1 Å². The molecule has 0 spiro atoms. The van der Waals surface area contributed by atoms with Crippen molar-refractivity contribution in [3.63, 3.8) is 0 Å². The SMILES string of the molecule is CNCc1ccc(F)c(-c2ccc(C)c3ccccc23)c1. The van der Waals surface area contributed by atoms with Crippen molar-refractivity contribution in [2.24, 2.45) is 0 Å². The highest BCUT2D eigenvalue weighted by Crippen LogP contribution is 2.32. The van der Waals surface area contributed by atoms with E-state index >= 15 is 0 Å². The summed E-state index contributed by atoms with van der Waals surface area (Å²) >= 11 is 0. The lowest BCUT2D eigenvalue weighted by atomic mass is 9.94. The molecule has 0 aliphatic carbocycles. The fourth-order valence-corrected chi connectivity index (χ4v) is 2.78. The lowest BCUT2D eigenvalue weighted by molar-refractivity contribution is 0.630. The second-order valence-corrected chi connectivity index (χ2v) is 5.32. The first-order valence-corrected chi connectivity index (χ1v) is 7.12. The number of aryl methyl sites for hydroxylation is 1. The molecule has 3 aromatic carbocycles. The minimum absolute atomic E-state index is 0.177. The molecule has 0 radical (unpaired) electrons. The third kappa shape index (κ3) is 2.55. The number of rotatable bonds is 3. The van der Waals surface area contributed by atoms with Crippen molar-refractivity contribution in [3.05, 3.63) is 71.5 Å². The Kier molecular flexibility index (Phi) is 3.72. The largest absolute Gasteiger partial charge is 0.316 e. The maximum absolute atomic E-state index is 14.3. The lowest BCUT2D eigenvalue weighted by Crippen LogP contribution is -2.05. The number of benzene rings is 3. The highest BCUT2D eigenvalue weighted by atomic mass is 19.1. The number of nitrogens with one attached hydrogen (secondary N) is 1. The van der Waals surface area contributed by atoms with Crippen LogP contribution in [0.2, 0.25) is 0 Å². The number of halogens is 1. The molecule has 2 heteroatoms. The second-order valence-electron chi connectivity index (χ2n) is 5.32. The van der Waals surface area contributed by atoms with Gasteiger partial charge in [-0.25, -0.2) is 4.39 Å². The molecule has 0 bridgehead atoms. The van der Waals surface area contributed by atoms with Crippen molar-refractivity contribution in [3.8, 4) is 11.1 Å². The smallest absolute Gasteiger partial charge is 0.131 e. The average Bonchev–Trinajstić information content (AvgIpc) is 2.51. The molecular weight excluding hydrogens is 261 g/mol. The Morgan fingerprint density at radius 3 is 2.43 bits per heavy atom. The van der Waals surface area contributed by atoms with Gasteiger partial charge >= 0.3 is 0 Å². The van der Waals surface area contributed by atoms with E-state index in [1.165, 1.54) is 10.9 Å². The lowest BCUT2D eigenvalue weighted by Gasteiger charge is -2.11. The Morgan fingerprint density at radius 2 is 1.67 bits per heavy atom. The summed E-state index contributed by atoms with van der Waals surface area (Å²) < 4.78 is 14.3. The average molecular weight is 279 g/mol. The summed E-state index contributed by atoms with van der Waals surface area (Å²) in [5, 5.41) is 5.38. The summed E-state index contributed by atoms with van der Waals surface area (Å²) in [5.74, 6) is -0.177. The number of hydrogen-bond acceptors (Lipinski definition) is 1. The molecule has 1 N–H and O–H groups in total. The van der Waals surface area contributed by atoms with Gasteiger partial charge in [-0.1, -0.05) is 42.5 Å². The molecule has 106 valence electrons. The van der Waals surface area contributed by atoms with E-state index in [9.17, 15) is 4.39 Å². The van der Waals surface area contributed by atoms with Crippen molar-refractivity contribution in [1.29, 1.82) is 0 Å². The fraction of sp³-hybridized carbons (Fsp3) is 0.158. The Bertz CT molecular complexity index is 793. The van der Waals surface area contributed by atoms with Crippen molar-refractivity contribution in [2.75, 3.05) is 7.05 Å². The molecule has 0 saturated carbocycles. The molecule has 0 aliphatic rings. The topological polar surface area (TPSA) is 12.0 Å². The van der Waals surface area contributed by atoms with Crippen LogP contribution in [0.1, 0.15) is 11.1 Å². The molecule has 0 heterocycles. The molecule has 0 fully saturated rings. The second kappa shape index (κ2) is 5.66. The van der Waals surface area contributed by atoms with Gasteiger partial charge in [0.25, 0.3) is 0 Å². The van der Waals surface area contributed by atoms with Crippen LogP contribution in [0.4, 0.5) is 4.39 Å². The third-order valence-electron chi connectivity index (χ3n) is 3.84. The zero-order valence-corrected chi connectivity index (χ0v) is 12.3. The van der Waals surface area contributed by atoms with Crippen LogP contribution in [0.3, 0.4) is 0 Å². The van der Waals surface area contributed by atoms with Gasteiger partial charge in [-0.2, -0.15) is 0 Å². The van der Waals surface area contributed by atoms with Crippen LogP contribution >= 0.6 is 0 Å². The summed E-state index contributed by atoms with van der Waals surface area (Å²) in [6.07, 6.45) is 0. The molecule has 0 unspecified atom stereocenters. The first-order chi connectivity index (χ1) is 10.2. The molecule has 0 aliphatic heterocycles. The predicted molar refractivity (Wildman–Crippen MR) is 86.8 cm³/mol. The van der Waals surface area contributed by atoms with Gasteiger partial charge in [-0.15, -0.1) is 0 Å². The quantitative estimate of drug-likeness (QED) is 0.734. The Balaban J connectivity index is 2.25. The van der Waals surface area contributed by atoms with E-state index in [4.69, 9.17) is 0 Å². The molecule has 3 rings (SSSR count). The maximum Gasteiger partial charge on any atom is 0.131 e. The zero-order chi connectivity index (χ0) is 14.8. The van der Waals surface area contributed by atoms with Crippen LogP contribution in [0.25, 0.3) is 21.9 Å². The molecule has 0 atom stereocenters. The van der Waals surface area contributed by atoms with Gasteiger partial charge in [-0.05, 0) is 53.6 Å². The maximum atomic E-state index is 14.3. The molecule has 0 aromatic heterocycles. The van der Waals surface area contributed by atoms with Crippen LogP contribution in [0.15, 0.2) is 54.6 Å². The standard InChI is InChI=1S/C19H18FN/c1-13-7-9-17(16-6-4-3-5-15(13)16)18-11-14(12-21-2)8-10-19(18)20/h3-11,21H,12H2,1-2H3. The van der Waals surface area contributed by atoms with Crippen LogP contribution in [0, 0.1) is 12.7 Å². The summed E-state index contributed by atoms with van der Waals surface area (Å²) in [4.78, 5) is 0. The molecular formula is C19H18FN. The molecule has 0 amide bonds. The van der Waals surface area contributed by atoms with Gasteiger partial charge in [0.1, 0.15) is 5.82 Å². The highest BCUT2D eigenvalue weighted by molar-refractivity contribution is 5.98. The Morgan fingerprint density at radius 1 is 0.905 bits per heavy atom. The van der Waals surface area contributed by atoms with Crippen LogP contribution in [0.5, 0.6) is 0 Å². The van der Waals surface area contributed by atoms with Gasteiger partial charge < -0.3 is 5.32 Å². The Hall–Kier alpha value is -2.19. The van der Waals surface area contributed by atoms with E-state index < -0.39 is 0 Å². The van der Waals surface area contributed by atoms with Crippen molar-refractivity contribution in [2.45, 2.75) is 13.5 Å². The van der Waals surface area contributed by atoms with Crippen LogP contribution < -0.4 is 5.32 Å². The van der Waals surface area contributed by atoms with E-state index in [2.05, 4.69) is 30.4 Å². The summed E-state index contributed by atoms with van der Waals surface area (Å²) in [7, 11) is 1.89. The molecule has 21 heavy (non-hydrogen) atoms. The van der Waals surface area contributed by atoms with E-state index in [-0.39, 0.29) is 5.82 Å². The number of hydrogen-bond donors (Lipinski definition) is 1. The van der Waals surface area contributed by atoms with Gasteiger partial charge in [0.05, 0.1) is 0 Å². The minimum atomic E-state index is -0.177. The Labute approximate surface area is 124 Å². The van der Waals surface area contributed by atoms with Crippen molar-refractivity contribution >= 4 is 10.8 Å². The van der Waals surface area contributed by atoms with E-state index in [0.29, 0.717) is 5.56 Å². The van der Waals surface area contributed by atoms with E-state index in [1.807, 2.05) is 37.4 Å². The van der Waals surface area contributed by atoms with E-state index in [1.54, 1.807) is 6.07 Å². The van der Waals surface area contributed by atoms with Gasteiger partial charge in [0.2, 0.25) is 0 Å². The summed E-state index contributed by atoms with van der Waals surface area (Å²) in [6, 6.07) is 17.5. The van der Waals surface area contributed by atoms with E-state index in [0.717, 1.165) is 23.1 Å². The predicted octanol–water partition coefficient (Wildman–Crippen LogP) is 4.67. The first kappa shape index (κ1) is 13.8. The highest BCUT2D eigenvalue weighted by Gasteiger charge is 2.10.